The molecule has 1 aliphatic carbocycles. The molecule has 0 unspecified atom stereocenters. The summed E-state index contributed by atoms with van der Waals surface area (Å²) in [5.41, 5.74) is 0. The third-order valence-electron chi connectivity index (χ3n) is 3.55. The lowest BCUT2D eigenvalue weighted by atomic mass is 9.86. The predicted octanol–water partition coefficient (Wildman–Crippen LogP) is 1.42. The number of rotatable bonds is 1. The Balaban J connectivity index is 0.00000112. The van der Waals surface area contributed by atoms with E-state index in [0.29, 0.717) is 18.5 Å². The minimum absolute atomic E-state index is 0. The largest absolute Gasteiger partial charge is 0.337 e. The maximum Gasteiger partial charge on any atom is 0.236 e. The Morgan fingerprint density at radius 2 is 1.93 bits per heavy atom. The SMILES string of the molecule is C[C@H]1CC[C@H](N2CCNCC2=O)CC1.Cl. The molecule has 1 saturated carbocycles. The fourth-order valence-electron chi connectivity index (χ4n) is 2.56. The first-order chi connectivity index (χ1) is 6.77. The molecule has 3 nitrogen and oxygen atoms in total. The summed E-state index contributed by atoms with van der Waals surface area (Å²) in [6.45, 7) is 4.75. The molecule has 0 atom stereocenters. The Morgan fingerprint density at radius 3 is 2.53 bits per heavy atom. The first-order valence-electron chi connectivity index (χ1n) is 5.77. The summed E-state index contributed by atoms with van der Waals surface area (Å²) >= 11 is 0. The highest BCUT2D eigenvalue weighted by molar-refractivity contribution is 5.85. The highest BCUT2D eigenvalue weighted by Crippen LogP contribution is 2.27. The van der Waals surface area contributed by atoms with Crippen molar-refractivity contribution in [1.29, 1.82) is 0 Å². The Labute approximate surface area is 98.0 Å². The number of nitrogens with zero attached hydrogens (tertiary/aromatic N) is 1. The Morgan fingerprint density at radius 1 is 1.27 bits per heavy atom. The molecule has 1 aliphatic heterocycles. The van der Waals surface area contributed by atoms with Crippen molar-refractivity contribution in [2.45, 2.75) is 38.6 Å². The molecule has 1 heterocycles. The normalized spacial score (nSPS) is 32.3. The van der Waals surface area contributed by atoms with Crippen LogP contribution in [0.4, 0.5) is 0 Å². The molecule has 0 aromatic heterocycles. The van der Waals surface area contributed by atoms with Crippen LogP contribution in [0, 0.1) is 5.92 Å². The van der Waals surface area contributed by atoms with Gasteiger partial charge in [-0.05, 0) is 31.6 Å². The molecule has 88 valence electrons. The second-order valence-electron chi connectivity index (χ2n) is 4.68. The van der Waals surface area contributed by atoms with E-state index in [1.54, 1.807) is 0 Å². The number of carbonyl (C=O) groups is 1. The van der Waals surface area contributed by atoms with E-state index in [9.17, 15) is 4.79 Å². The Bertz CT molecular complexity index is 215. The third kappa shape index (κ3) is 3.08. The quantitative estimate of drug-likeness (QED) is 0.742. The lowest BCUT2D eigenvalue weighted by Gasteiger charge is -2.38. The zero-order valence-electron chi connectivity index (χ0n) is 9.37. The zero-order chi connectivity index (χ0) is 9.97. The maximum absolute atomic E-state index is 11.6. The van der Waals surface area contributed by atoms with Crippen LogP contribution < -0.4 is 5.32 Å². The van der Waals surface area contributed by atoms with Crippen molar-refractivity contribution in [3.63, 3.8) is 0 Å². The van der Waals surface area contributed by atoms with Gasteiger partial charge in [0.15, 0.2) is 0 Å². The van der Waals surface area contributed by atoms with E-state index in [4.69, 9.17) is 0 Å². The summed E-state index contributed by atoms with van der Waals surface area (Å²) in [6.07, 6.45) is 5.02. The highest BCUT2D eigenvalue weighted by Gasteiger charge is 2.28. The van der Waals surface area contributed by atoms with Gasteiger partial charge in [-0.2, -0.15) is 0 Å². The van der Waals surface area contributed by atoms with Gasteiger partial charge in [0.05, 0.1) is 6.54 Å². The molecule has 15 heavy (non-hydrogen) atoms. The van der Waals surface area contributed by atoms with Crippen molar-refractivity contribution >= 4 is 18.3 Å². The van der Waals surface area contributed by atoms with Crippen molar-refractivity contribution in [1.82, 2.24) is 10.2 Å². The lowest BCUT2D eigenvalue weighted by Crippen LogP contribution is -2.53. The van der Waals surface area contributed by atoms with E-state index in [1.807, 2.05) is 0 Å². The molecule has 1 amide bonds. The second kappa shape index (κ2) is 5.71. The van der Waals surface area contributed by atoms with Crippen LogP contribution in [-0.2, 0) is 4.79 Å². The van der Waals surface area contributed by atoms with Crippen LogP contribution in [0.25, 0.3) is 0 Å². The summed E-state index contributed by atoms with van der Waals surface area (Å²) < 4.78 is 0. The van der Waals surface area contributed by atoms with E-state index >= 15 is 0 Å². The fourth-order valence-corrected chi connectivity index (χ4v) is 2.56. The summed E-state index contributed by atoms with van der Waals surface area (Å²) in [5.74, 6) is 1.17. The lowest BCUT2D eigenvalue weighted by molar-refractivity contribution is -0.135. The van der Waals surface area contributed by atoms with Gasteiger partial charge in [0.2, 0.25) is 5.91 Å². The van der Waals surface area contributed by atoms with E-state index in [0.717, 1.165) is 19.0 Å². The molecule has 1 saturated heterocycles. The van der Waals surface area contributed by atoms with Crippen LogP contribution >= 0.6 is 12.4 Å². The molecule has 0 bridgehead atoms. The second-order valence-corrected chi connectivity index (χ2v) is 4.68. The van der Waals surface area contributed by atoms with Crippen molar-refractivity contribution in [3.05, 3.63) is 0 Å². The molecular weight excluding hydrogens is 212 g/mol. The summed E-state index contributed by atoms with van der Waals surface area (Å²) in [6, 6.07) is 0.542. The van der Waals surface area contributed by atoms with Crippen LogP contribution in [-0.4, -0.2) is 36.5 Å². The average molecular weight is 233 g/mol. The topological polar surface area (TPSA) is 32.3 Å². The number of halogens is 1. The molecule has 2 rings (SSSR count). The van der Waals surface area contributed by atoms with Gasteiger partial charge in [-0.25, -0.2) is 0 Å². The molecular formula is C11H21ClN2O. The van der Waals surface area contributed by atoms with Gasteiger partial charge in [0, 0.05) is 19.1 Å². The van der Waals surface area contributed by atoms with Gasteiger partial charge in [0.25, 0.3) is 0 Å². The van der Waals surface area contributed by atoms with Crippen LogP contribution in [0.2, 0.25) is 0 Å². The number of hydrogen-bond donors (Lipinski definition) is 1. The average Bonchev–Trinajstić information content (AvgIpc) is 2.20. The van der Waals surface area contributed by atoms with E-state index in [-0.39, 0.29) is 12.4 Å². The number of carbonyl (C=O) groups excluding carboxylic acids is 1. The first kappa shape index (κ1) is 12.8. The maximum atomic E-state index is 11.6. The number of amides is 1. The van der Waals surface area contributed by atoms with Crippen LogP contribution in [0.1, 0.15) is 32.6 Å². The Hall–Kier alpha value is -0.280. The van der Waals surface area contributed by atoms with Crippen LogP contribution in [0.3, 0.4) is 0 Å². The molecule has 0 spiro atoms. The molecule has 0 aromatic carbocycles. The Kier molecular flexibility index (Phi) is 4.87. The van der Waals surface area contributed by atoms with Gasteiger partial charge in [-0.1, -0.05) is 6.92 Å². The van der Waals surface area contributed by atoms with Gasteiger partial charge in [-0.15, -0.1) is 12.4 Å². The van der Waals surface area contributed by atoms with Crippen molar-refractivity contribution < 1.29 is 4.79 Å². The summed E-state index contributed by atoms with van der Waals surface area (Å²) in [4.78, 5) is 13.7. The van der Waals surface area contributed by atoms with E-state index in [1.165, 1.54) is 25.7 Å². The standard InChI is InChI=1S/C11H20N2O.ClH/c1-9-2-4-10(5-3-9)13-7-6-12-8-11(13)14;/h9-10,12H,2-8H2,1H3;1H/t9-,10-;. The molecule has 2 aliphatic rings. The van der Waals surface area contributed by atoms with Crippen LogP contribution in [0.15, 0.2) is 0 Å². The van der Waals surface area contributed by atoms with Gasteiger partial charge < -0.3 is 10.2 Å². The van der Waals surface area contributed by atoms with Crippen molar-refractivity contribution in [2.75, 3.05) is 19.6 Å². The number of piperazine rings is 1. The smallest absolute Gasteiger partial charge is 0.236 e. The molecule has 1 N–H and O–H groups in total. The fraction of sp³-hybridized carbons (Fsp3) is 0.909. The van der Waals surface area contributed by atoms with Gasteiger partial charge in [0.1, 0.15) is 0 Å². The monoisotopic (exact) mass is 232 g/mol. The summed E-state index contributed by atoms with van der Waals surface area (Å²) in [7, 11) is 0. The predicted molar refractivity (Wildman–Crippen MR) is 63.3 cm³/mol. The highest BCUT2D eigenvalue weighted by atomic mass is 35.5. The minimum Gasteiger partial charge on any atom is -0.337 e. The van der Waals surface area contributed by atoms with Crippen molar-refractivity contribution in [2.24, 2.45) is 5.92 Å². The zero-order valence-corrected chi connectivity index (χ0v) is 10.2. The number of nitrogens with one attached hydrogen (secondary N) is 1. The molecule has 4 heteroatoms. The minimum atomic E-state index is 0. The van der Waals surface area contributed by atoms with Gasteiger partial charge in [-0.3, -0.25) is 4.79 Å². The summed E-state index contributed by atoms with van der Waals surface area (Å²) in [5, 5.41) is 3.12. The molecule has 0 radical (unpaired) electrons. The van der Waals surface area contributed by atoms with Crippen molar-refractivity contribution in [3.8, 4) is 0 Å². The first-order valence-corrected chi connectivity index (χ1v) is 5.77. The molecule has 0 aromatic rings. The van der Waals surface area contributed by atoms with E-state index in [2.05, 4.69) is 17.1 Å². The number of hydrogen-bond acceptors (Lipinski definition) is 2. The van der Waals surface area contributed by atoms with E-state index < -0.39 is 0 Å². The third-order valence-corrected chi connectivity index (χ3v) is 3.55. The van der Waals surface area contributed by atoms with Gasteiger partial charge >= 0.3 is 0 Å². The molecule has 2 fully saturated rings. The van der Waals surface area contributed by atoms with Crippen LogP contribution in [0.5, 0.6) is 0 Å².